The lowest BCUT2D eigenvalue weighted by Gasteiger charge is -2.32. The van der Waals surface area contributed by atoms with Crippen LogP contribution >= 0.6 is 0 Å². The van der Waals surface area contributed by atoms with E-state index in [1.165, 1.54) is 22.4 Å². The zero-order valence-corrected chi connectivity index (χ0v) is 15.4. The van der Waals surface area contributed by atoms with Crippen LogP contribution in [0.15, 0.2) is 41.2 Å². The summed E-state index contributed by atoms with van der Waals surface area (Å²) in [6.07, 6.45) is 4.15. The lowest BCUT2D eigenvalue weighted by Crippen LogP contribution is -2.41. The van der Waals surface area contributed by atoms with E-state index in [1.807, 2.05) is 17.0 Å². The molecule has 1 atom stereocenters. The molecule has 1 aromatic heterocycles. The molecule has 138 valence electrons. The molecule has 2 aromatic rings. The van der Waals surface area contributed by atoms with E-state index in [-0.39, 0.29) is 11.5 Å². The van der Waals surface area contributed by atoms with Gasteiger partial charge in [-0.2, -0.15) is 5.10 Å². The van der Waals surface area contributed by atoms with Gasteiger partial charge >= 0.3 is 0 Å². The smallest absolute Gasteiger partial charge is 0.274 e. The zero-order valence-electron chi connectivity index (χ0n) is 15.4. The number of aromatic nitrogens is 2. The Labute approximate surface area is 153 Å². The van der Waals surface area contributed by atoms with E-state index in [0.29, 0.717) is 11.6 Å². The summed E-state index contributed by atoms with van der Waals surface area (Å²) >= 11 is 0. The summed E-state index contributed by atoms with van der Waals surface area (Å²) in [6, 6.07) is 11.1. The zero-order chi connectivity index (χ0) is 18.5. The number of ether oxygens (including phenoxy) is 1. The summed E-state index contributed by atoms with van der Waals surface area (Å²) in [7, 11) is 3.24. The monoisotopic (exact) mass is 355 g/mol. The van der Waals surface area contributed by atoms with Gasteiger partial charge in [0.2, 0.25) is 0 Å². The molecule has 2 heterocycles. The number of benzene rings is 1. The van der Waals surface area contributed by atoms with E-state index < -0.39 is 0 Å². The Morgan fingerprint density at radius 2 is 2.15 bits per heavy atom. The molecular weight excluding hydrogens is 330 g/mol. The Balaban J connectivity index is 1.60. The van der Waals surface area contributed by atoms with Crippen LogP contribution in [0.1, 0.15) is 35.3 Å². The first-order valence-corrected chi connectivity index (χ1v) is 9.03. The second-order valence-corrected chi connectivity index (χ2v) is 6.83. The topological polar surface area (TPSA) is 64.4 Å². The number of rotatable bonds is 5. The molecule has 0 N–H and O–H groups in total. The molecule has 1 fully saturated rings. The van der Waals surface area contributed by atoms with Crippen LogP contribution < -0.4 is 10.3 Å². The van der Waals surface area contributed by atoms with Crippen molar-refractivity contribution in [2.24, 2.45) is 13.0 Å². The molecule has 3 rings (SSSR count). The van der Waals surface area contributed by atoms with Gasteiger partial charge in [-0.1, -0.05) is 12.1 Å². The van der Waals surface area contributed by atoms with Crippen molar-refractivity contribution in [3.8, 4) is 5.75 Å². The van der Waals surface area contributed by atoms with Gasteiger partial charge in [0.25, 0.3) is 11.5 Å². The van der Waals surface area contributed by atoms with Gasteiger partial charge in [0.05, 0.1) is 7.11 Å². The number of nitrogens with zero attached hydrogens (tertiary/aromatic N) is 3. The third-order valence-electron chi connectivity index (χ3n) is 4.96. The van der Waals surface area contributed by atoms with Gasteiger partial charge in [-0.25, -0.2) is 4.68 Å². The molecule has 0 aliphatic carbocycles. The second-order valence-electron chi connectivity index (χ2n) is 6.83. The Morgan fingerprint density at radius 1 is 1.31 bits per heavy atom. The van der Waals surface area contributed by atoms with Gasteiger partial charge in [-0.3, -0.25) is 9.59 Å². The van der Waals surface area contributed by atoms with Crippen LogP contribution in [0.3, 0.4) is 0 Å². The SMILES string of the molecule is COc1cccc(CC[C@H]2CCCN(C(=O)c3ccc(=O)n(C)n3)C2)c1. The first-order chi connectivity index (χ1) is 12.6. The van der Waals surface area contributed by atoms with Crippen molar-refractivity contribution in [3.05, 3.63) is 58.0 Å². The Hall–Kier alpha value is -2.63. The van der Waals surface area contributed by atoms with Crippen molar-refractivity contribution in [1.29, 1.82) is 0 Å². The highest BCUT2D eigenvalue weighted by Gasteiger charge is 2.25. The van der Waals surface area contributed by atoms with Crippen molar-refractivity contribution >= 4 is 5.91 Å². The van der Waals surface area contributed by atoms with Crippen molar-refractivity contribution in [1.82, 2.24) is 14.7 Å². The number of carbonyl (C=O) groups excluding carboxylic acids is 1. The average Bonchev–Trinajstić information content (AvgIpc) is 2.68. The largest absolute Gasteiger partial charge is 0.497 e. The van der Waals surface area contributed by atoms with Gasteiger partial charge in [-0.15, -0.1) is 0 Å². The number of hydrogen-bond donors (Lipinski definition) is 0. The van der Waals surface area contributed by atoms with E-state index in [1.54, 1.807) is 14.2 Å². The Kier molecular flexibility index (Phi) is 5.71. The average molecular weight is 355 g/mol. The molecule has 6 heteroatoms. The number of aryl methyl sites for hydroxylation is 2. The van der Waals surface area contributed by atoms with E-state index in [2.05, 4.69) is 17.2 Å². The van der Waals surface area contributed by atoms with Crippen molar-refractivity contribution in [2.45, 2.75) is 25.7 Å². The van der Waals surface area contributed by atoms with E-state index in [4.69, 9.17) is 4.74 Å². The number of carbonyl (C=O) groups is 1. The number of piperidine rings is 1. The fourth-order valence-corrected chi connectivity index (χ4v) is 3.46. The number of amides is 1. The lowest BCUT2D eigenvalue weighted by atomic mass is 9.91. The molecule has 0 radical (unpaired) electrons. The first-order valence-electron chi connectivity index (χ1n) is 9.03. The van der Waals surface area contributed by atoms with Crippen LogP contribution in [-0.4, -0.2) is 40.8 Å². The predicted molar refractivity (Wildman–Crippen MR) is 99.4 cm³/mol. The molecule has 0 saturated carbocycles. The maximum absolute atomic E-state index is 12.7. The molecular formula is C20H25N3O3. The molecule has 1 aromatic carbocycles. The van der Waals surface area contributed by atoms with Crippen molar-refractivity contribution in [2.75, 3.05) is 20.2 Å². The second kappa shape index (κ2) is 8.17. The van der Waals surface area contributed by atoms with Crippen LogP contribution in [-0.2, 0) is 13.5 Å². The van der Waals surface area contributed by atoms with Crippen LogP contribution in [0.4, 0.5) is 0 Å². The fraction of sp³-hybridized carbons (Fsp3) is 0.450. The highest BCUT2D eigenvalue weighted by Crippen LogP contribution is 2.23. The molecule has 6 nitrogen and oxygen atoms in total. The Bertz CT molecular complexity index is 831. The summed E-state index contributed by atoms with van der Waals surface area (Å²) in [5.74, 6) is 1.27. The highest BCUT2D eigenvalue weighted by atomic mass is 16.5. The fourth-order valence-electron chi connectivity index (χ4n) is 3.46. The normalized spacial score (nSPS) is 17.2. The van der Waals surface area contributed by atoms with Gasteiger partial charge in [0.15, 0.2) is 0 Å². The third kappa shape index (κ3) is 4.31. The Morgan fingerprint density at radius 3 is 2.92 bits per heavy atom. The van der Waals surface area contributed by atoms with Gasteiger partial charge in [-0.05, 0) is 55.4 Å². The molecule has 1 amide bonds. The summed E-state index contributed by atoms with van der Waals surface area (Å²) in [5, 5.41) is 4.08. The molecule has 26 heavy (non-hydrogen) atoms. The van der Waals surface area contributed by atoms with Crippen molar-refractivity contribution < 1.29 is 9.53 Å². The summed E-state index contributed by atoms with van der Waals surface area (Å²) in [5.41, 5.74) is 1.38. The minimum atomic E-state index is -0.212. The summed E-state index contributed by atoms with van der Waals surface area (Å²) < 4.78 is 6.48. The van der Waals surface area contributed by atoms with Gasteiger partial charge < -0.3 is 9.64 Å². The lowest BCUT2D eigenvalue weighted by molar-refractivity contribution is 0.0660. The molecule has 0 bridgehead atoms. The molecule has 1 saturated heterocycles. The van der Waals surface area contributed by atoms with Crippen LogP contribution in [0, 0.1) is 5.92 Å². The molecule has 0 spiro atoms. The predicted octanol–water partition coefficient (Wildman–Crippen LogP) is 2.27. The number of methoxy groups -OCH3 is 1. The number of hydrogen-bond acceptors (Lipinski definition) is 4. The number of likely N-dealkylation sites (tertiary alicyclic amines) is 1. The third-order valence-corrected chi connectivity index (χ3v) is 4.96. The van der Waals surface area contributed by atoms with Crippen molar-refractivity contribution in [3.63, 3.8) is 0 Å². The maximum atomic E-state index is 12.7. The quantitative estimate of drug-likeness (QED) is 0.825. The minimum absolute atomic E-state index is 0.0910. The van der Waals surface area contributed by atoms with Crippen LogP contribution in [0.2, 0.25) is 0 Å². The molecule has 1 aliphatic rings. The summed E-state index contributed by atoms with van der Waals surface area (Å²) in [4.78, 5) is 26.0. The van der Waals surface area contributed by atoms with Gasteiger partial charge in [0.1, 0.15) is 11.4 Å². The standard InChI is InChI=1S/C20H25N3O3/c1-22-19(24)11-10-18(21-22)20(25)23-12-4-6-16(14-23)9-8-15-5-3-7-17(13-15)26-2/h3,5,7,10-11,13,16H,4,6,8-9,12,14H2,1-2H3/t16-/m1/s1. The minimum Gasteiger partial charge on any atom is -0.497 e. The summed E-state index contributed by atoms with van der Waals surface area (Å²) in [6.45, 7) is 1.49. The van der Waals surface area contributed by atoms with E-state index in [9.17, 15) is 9.59 Å². The first kappa shape index (κ1) is 18.2. The van der Waals surface area contributed by atoms with Crippen LogP contribution in [0.25, 0.3) is 0 Å². The highest BCUT2D eigenvalue weighted by molar-refractivity contribution is 5.92. The van der Waals surface area contributed by atoms with E-state index in [0.717, 1.165) is 44.5 Å². The van der Waals surface area contributed by atoms with E-state index >= 15 is 0 Å². The molecule has 1 aliphatic heterocycles. The van der Waals surface area contributed by atoms with Gasteiger partial charge in [0, 0.05) is 26.2 Å². The van der Waals surface area contributed by atoms with Crippen LogP contribution in [0.5, 0.6) is 5.75 Å². The molecule has 0 unspecified atom stereocenters. The maximum Gasteiger partial charge on any atom is 0.274 e.